The molecule has 3 amide bonds. The molecule has 1 aliphatic carbocycles. The van der Waals surface area contributed by atoms with Gasteiger partial charge in [-0.05, 0) is 32.8 Å². The number of carbonyl (C=O) groups excluding carboxylic acids is 3. The summed E-state index contributed by atoms with van der Waals surface area (Å²) in [5.41, 5.74) is 1.35. The Morgan fingerprint density at radius 2 is 1.79 bits per heavy atom. The third-order valence-corrected chi connectivity index (χ3v) is 7.00. The van der Waals surface area contributed by atoms with E-state index in [1.165, 1.54) is 0 Å². The van der Waals surface area contributed by atoms with Crippen LogP contribution in [0.4, 0.5) is 13.6 Å². The number of aromatic nitrogens is 2. The number of nitrogens with one attached hydrogen (secondary N) is 1. The van der Waals surface area contributed by atoms with Gasteiger partial charge in [0.1, 0.15) is 5.54 Å². The van der Waals surface area contributed by atoms with Crippen molar-refractivity contribution in [2.24, 2.45) is 0 Å². The highest BCUT2D eigenvalue weighted by Crippen LogP contribution is 2.41. The molecule has 1 aliphatic heterocycles. The summed E-state index contributed by atoms with van der Waals surface area (Å²) in [5, 5.41) is 4.52. The number of carbonyl (C=O) groups is 3. The predicted octanol–water partition coefficient (Wildman–Crippen LogP) is 4.32. The lowest BCUT2D eigenvalue weighted by Gasteiger charge is -2.34. The normalized spacial score (nSPS) is 19.1. The summed E-state index contributed by atoms with van der Waals surface area (Å²) in [6.45, 7) is 3.23. The van der Waals surface area contributed by atoms with Crippen molar-refractivity contribution in [1.82, 2.24) is 19.8 Å². The van der Waals surface area contributed by atoms with Crippen molar-refractivity contribution < 1.29 is 23.2 Å². The highest BCUT2D eigenvalue weighted by Gasteiger charge is 2.55. The fraction of sp³-hybridized carbons (Fsp3) is 0.360. The van der Waals surface area contributed by atoms with Crippen molar-refractivity contribution in [3.63, 3.8) is 0 Å². The number of urea groups is 1. The van der Waals surface area contributed by atoms with Crippen LogP contribution < -0.4 is 5.32 Å². The first-order valence-corrected chi connectivity index (χ1v) is 11.2. The Bertz CT molecular complexity index is 1330. The SMILES string of the molecule is Cc1cc(C(=O)CN2C(=O)NC3(CCC(F)(F)CC3)C2=O)c(C)n1-c1cncc2ccccc12. The lowest BCUT2D eigenvalue weighted by Crippen LogP contribution is -2.51. The molecule has 1 N–H and O–H groups in total. The number of halogens is 2. The molecule has 2 aromatic heterocycles. The van der Waals surface area contributed by atoms with E-state index in [1.54, 1.807) is 25.4 Å². The molecule has 3 aromatic rings. The van der Waals surface area contributed by atoms with E-state index in [4.69, 9.17) is 0 Å². The van der Waals surface area contributed by atoms with Gasteiger partial charge < -0.3 is 9.88 Å². The molecule has 1 aromatic carbocycles. The fourth-order valence-corrected chi connectivity index (χ4v) is 5.12. The van der Waals surface area contributed by atoms with Crippen LogP contribution in [0.1, 0.15) is 47.4 Å². The number of alkyl halides is 2. The monoisotopic (exact) mass is 466 g/mol. The maximum atomic E-state index is 13.6. The number of hydrogen-bond donors (Lipinski definition) is 1. The largest absolute Gasteiger partial charge is 0.325 e. The minimum absolute atomic E-state index is 0.141. The van der Waals surface area contributed by atoms with Crippen LogP contribution in [-0.4, -0.2) is 50.2 Å². The van der Waals surface area contributed by atoms with Crippen LogP contribution >= 0.6 is 0 Å². The fourth-order valence-electron chi connectivity index (χ4n) is 5.12. The van der Waals surface area contributed by atoms with Crippen LogP contribution in [0.3, 0.4) is 0 Å². The highest BCUT2D eigenvalue weighted by atomic mass is 19.3. The average molecular weight is 466 g/mol. The quantitative estimate of drug-likeness (QED) is 0.458. The Kier molecular flexibility index (Phi) is 5.03. The van der Waals surface area contributed by atoms with E-state index >= 15 is 0 Å². The molecule has 2 aliphatic rings. The standard InChI is InChI=1S/C25H24F2N4O3/c1-15-11-19(16(2)31(15)20-13-28-12-17-5-3-4-6-18(17)20)21(32)14-30-22(33)24(29-23(30)34)7-9-25(26,27)10-8-24/h3-6,11-13H,7-10,14H2,1-2H3,(H,29,34). The summed E-state index contributed by atoms with van der Waals surface area (Å²) in [5.74, 6) is -3.84. The summed E-state index contributed by atoms with van der Waals surface area (Å²) >= 11 is 0. The van der Waals surface area contributed by atoms with Gasteiger partial charge in [0.2, 0.25) is 5.92 Å². The highest BCUT2D eigenvalue weighted by molar-refractivity contribution is 6.11. The van der Waals surface area contributed by atoms with Crippen LogP contribution in [0, 0.1) is 13.8 Å². The van der Waals surface area contributed by atoms with Crippen LogP contribution in [-0.2, 0) is 4.79 Å². The van der Waals surface area contributed by atoms with E-state index in [9.17, 15) is 23.2 Å². The zero-order valence-electron chi connectivity index (χ0n) is 18.9. The first-order chi connectivity index (χ1) is 16.1. The molecule has 7 nitrogen and oxygen atoms in total. The average Bonchev–Trinajstić information content (AvgIpc) is 3.23. The van der Waals surface area contributed by atoms with Gasteiger partial charge in [-0.25, -0.2) is 13.6 Å². The van der Waals surface area contributed by atoms with Crippen molar-refractivity contribution in [1.29, 1.82) is 0 Å². The summed E-state index contributed by atoms with van der Waals surface area (Å²) in [4.78, 5) is 44.0. The number of rotatable bonds is 4. The molecule has 3 heterocycles. The second kappa shape index (κ2) is 7.72. The van der Waals surface area contributed by atoms with E-state index in [1.807, 2.05) is 35.8 Å². The van der Waals surface area contributed by atoms with Gasteiger partial charge in [-0.1, -0.05) is 24.3 Å². The number of aryl methyl sites for hydroxylation is 1. The third-order valence-electron chi connectivity index (χ3n) is 7.00. The number of imide groups is 1. The summed E-state index contributed by atoms with van der Waals surface area (Å²) in [6, 6.07) is 8.82. The number of Topliss-reactive ketones (excluding diaryl/α,β-unsaturated/α-hetero) is 1. The molecule has 0 bridgehead atoms. The molecule has 0 atom stereocenters. The molecule has 0 radical (unpaired) electrons. The van der Waals surface area contributed by atoms with E-state index in [0.29, 0.717) is 11.3 Å². The summed E-state index contributed by atoms with van der Waals surface area (Å²) in [6.07, 6.45) is 2.28. The van der Waals surface area contributed by atoms with Crippen LogP contribution in [0.5, 0.6) is 0 Å². The van der Waals surface area contributed by atoms with E-state index in [-0.39, 0.29) is 12.8 Å². The molecule has 176 valence electrons. The van der Waals surface area contributed by atoms with Gasteiger partial charge in [0.25, 0.3) is 5.91 Å². The minimum Gasteiger partial charge on any atom is -0.323 e. The Labute approximate surface area is 194 Å². The van der Waals surface area contributed by atoms with Gasteiger partial charge in [-0.15, -0.1) is 0 Å². The molecular formula is C25H24F2N4O3. The number of fused-ring (bicyclic) bond motifs is 1. The summed E-state index contributed by atoms with van der Waals surface area (Å²) < 4.78 is 29.2. The van der Waals surface area contributed by atoms with E-state index in [2.05, 4.69) is 10.3 Å². The van der Waals surface area contributed by atoms with Crippen molar-refractivity contribution in [3.05, 3.63) is 59.7 Å². The molecule has 2 fully saturated rings. The van der Waals surface area contributed by atoms with E-state index in [0.717, 1.165) is 27.1 Å². The van der Waals surface area contributed by atoms with Gasteiger partial charge in [0.05, 0.1) is 18.4 Å². The first-order valence-electron chi connectivity index (χ1n) is 11.2. The molecule has 34 heavy (non-hydrogen) atoms. The molecule has 1 saturated carbocycles. The number of benzene rings is 1. The Balaban J connectivity index is 1.42. The van der Waals surface area contributed by atoms with Crippen LogP contribution in [0.25, 0.3) is 16.5 Å². The maximum absolute atomic E-state index is 13.6. The molecule has 9 heteroatoms. The Morgan fingerprint density at radius 3 is 2.53 bits per heavy atom. The third kappa shape index (κ3) is 3.46. The second-order valence-corrected chi connectivity index (χ2v) is 9.18. The van der Waals surface area contributed by atoms with Crippen molar-refractivity contribution in [2.75, 3.05) is 6.54 Å². The second-order valence-electron chi connectivity index (χ2n) is 9.18. The molecule has 5 rings (SSSR count). The van der Waals surface area contributed by atoms with Gasteiger partial charge in [-0.2, -0.15) is 0 Å². The predicted molar refractivity (Wildman–Crippen MR) is 121 cm³/mol. The lowest BCUT2D eigenvalue weighted by molar-refractivity contribution is -0.135. The Morgan fingerprint density at radius 1 is 1.09 bits per heavy atom. The number of ketones is 1. The van der Waals surface area contributed by atoms with Crippen LogP contribution in [0.2, 0.25) is 0 Å². The first kappa shape index (κ1) is 22.2. The number of nitrogens with zero attached hydrogens (tertiary/aromatic N) is 3. The van der Waals surface area contributed by atoms with Crippen LogP contribution in [0.15, 0.2) is 42.7 Å². The number of amides is 3. The maximum Gasteiger partial charge on any atom is 0.325 e. The summed E-state index contributed by atoms with van der Waals surface area (Å²) in [7, 11) is 0. The van der Waals surface area contributed by atoms with Gasteiger partial charge in [0, 0.05) is 46.8 Å². The zero-order valence-corrected chi connectivity index (χ0v) is 18.9. The molecular weight excluding hydrogens is 442 g/mol. The van der Waals surface area contributed by atoms with Gasteiger partial charge >= 0.3 is 6.03 Å². The smallest absolute Gasteiger partial charge is 0.323 e. The number of hydrogen-bond acceptors (Lipinski definition) is 4. The van der Waals surface area contributed by atoms with Gasteiger partial charge in [0.15, 0.2) is 5.78 Å². The number of pyridine rings is 1. The zero-order chi connectivity index (χ0) is 24.3. The van der Waals surface area contributed by atoms with Gasteiger partial charge in [-0.3, -0.25) is 19.5 Å². The molecule has 1 saturated heterocycles. The van der Waals surface area contributed by atoms with Crippen molar-refractivity contribution >= 4 is 28.5 Å². The molecule has 0 unspecified atom stereocenters. The van der Waals surface area contributed by atoms with Crippen molar-refractivity contribution in [3.8, 4) is 5.69 Å². The lowest BCUT2D eigenvalue weighted by atomic mass is 9.80. The van der Waals surface area contributed by atoms with E-state index < -0.39 is 48.6 Å². The Hall–Kier alpha value is -3.62. The molecule has 1 spiro atoms. The topological polar surface area (TPSA) is 84.3 Å². The minimum atomic E-state index is -2.84. The van der Waals surface area contributed by atoms with Crippen molar-refractivity contribution in [2.45, 2.75) is 51.0 Å².